The van der Waals surface area contributed by atoms with Gasteiger partial charge in [-0.1, -0.05) is 61.7 Å². The molecule has 0 spiro atoms. The van der Waals surface area contributed by atoms with Crippen molar-refractivity contribution < 1.29 is 29.1 Å². The summed E-state index contributed by atoms with van der Waals surface area (Å²) in [5, 5.41) is 18.4. The van der Waals surface area contributed by atoms with Gasteiger partial charge in [0.2, 0.25) is 17.7 Å². The number of aliphatic carboxylic acids is 1. The predicted molar refractivity (Wildman–Crippen MR) is 162 cm³/mol. The van der Waals surface area contributed by atoms with Crippen molar-refractivity contribution in [1.29, 1.82) is 0 Å². The van der Waals surface area contributed by atoms with E-state index < -0.39 is 60.2 Å². The van der Waals surface area contributed by atoms with Gasteiger partial charge < -0.3 is 36.7 Å². The molecule has 4 atom stereocenters. The Morgan fingerprint density at radius 2 is 1.81 bits per heavy atom. The molecule has 0 fully saturated rings. The second-order valence-electron chi connectivity index (χ2n) is 10.5. The molecule has 1 aliphatic heterocycles. The van der Waals surface area contributed by atoms with Gasteiger partial charge in [-0.05, 0) is 35.7 Å². The molecule has 4 rings (SSSR count). The Kier molecular flexibility index (Phi) is 9.82. The fourth-order valence-electron chi connectivity index (χ4n) is 5.04. The van der Waals surface area contributed by atoms with Crippen LogP contribution < -0.4 is 21.7 Å². The van der Waals surface area contributed by atoms with E-state index in [0.717, 1.165) is 22.2 Å². The van der Waals surface area contributed by atoms with E-state index >= 15 is 0 Å². The molecule has 0 radical (unpaired) electrons. The zero-order valence-electron chi connectivity index (χ0n) is 23.4. The highest BCUT2D eigenvalue weighted by molar-refractivity contribution is 6.42. The first kappa shape index (κ1) is 31.6. The van der Waals surface area contributed by atoms with Crippen LogP contribution in [0.5, 0.6) is 0 Å². The Labute approximate surface area is 257 Å². The minimum absolute atomic E-state index is 0.0673. The predicted octanol–water partition coefficient (Wildman–Crippen LogP) is 3.41. The lowest BCUT2D eigenvalue weighted by Gasteiger charge is -2.36. The van der Waals surface area contributed by atoms with Crippen LogP contribution in [0.1, 0.15) is 37.9 Å². The molecule has 3 aromatic rings. The van der Waals surface area contributed by atoms with Crippen LogP contribution in [0.25, 0.3) is 10.9 Å². The van der Waals surface area contributed by atoms with E-state index in [2.05, 4.69) is 20.9 Å². The van der Waals surface area contributed by atoms with E-state index in [1.54, 1.807) is 13.0 Å². The summed E-state index contributed by atoms with van der Waals surface area (Å²) in [7, 11) is 0. The van der Waals surface area contributed by atoms with Gasteiger partial charge in [-0.25, -0.2) is 4.79 Å². The number of carboxylic acid groups (broad SMARTS) is 1. The number of carbonyl (C=O) groups excluding carboxylic acids is 4. The summed E-state index contributed by atoms with van der Waals surface area (Å²) in [5.74, 6) is -4.12. The number of H-pyrrole nitrogens is 1. The number of fused-ring (bicyclic) bond motifs is 3. The third kappa shape index (κ3) is 7.20. The second kappa shape index (κ2) is 13.3. The van der Waals surface area contributed by atoms with Crippen molar-refractivity contribution in [3.05, 3.63) is 63.8 Å². The lowest BCUT2D eigenvalue weighted by molar-refractivity contribution is -0.140. The average Bonchev–Trinajstić information content (AvgIpc) is 3.33. The third-order valence-corrected chi connectivity index (χ3v) is 8.31. The molecular weight excluding hydrogens is 599 g/mol. The number of hydrogen-bond acceptors (Lipinski definition) is 5. The summed E-state index contributed by atoms with van der Waals surface area (Å²) in [6.07, 6.45) is -0.0913. The number of rotatable bonds is 10. The van der Waals surface area contributed by atoms with Gasteiger partial charge in [0.25, 0.3) is 0 Å². The van der Waals surface area contributed by atoms with Crippen LogP contribution in [0.2, 0.25) is 10.0 Å². The monoisotopic (exact) mass is 630 g/mol. The highest BCUT2D eigenvalue weighted by Crippen LogP contribution is 2.32. The smallest absolute Gasteiger partial charge is 0.322 e. The summed E-state index contributed by atoms with van der Waals surface area (Å²) in [6.45, 7) is 3.61. The molecule has 1 aromatic heterocycles. The molecule has 2 heterocycles. The minimum atomic E-state index is -1.47. The number of amides is 5. The number of nitrogens with zero attached hydrogens (tertiary/aromatic N) is 1. The molecule has 43 heavy (non-hydrogen) atoms. The van der Waals surface area contributed by atoms with Crippen molar-refractivity contribution in [1.82, 2.24) is 20.5 Å². The minimum Gasteiger partial charge on any atom is -0.481 e. The molecule has 0 aliphatic carbocycles. The topological polar surface area (TPSA) is 187 Å². The fourth-order valence-corrected chi connectivity index (χ4v) is 5.33. The van der Waals surface area contributed by atoms with Crippen LogP contribution in [-0.4, -0.2) is 62.8 Å². The lowest BCUT2D eigenvalue weighted by atomic mass is 9.94. The van der Waals surface area contributed by atoms with E-state index in [9.17, 15) is 24.0 Å². The molecule has 14 heteroatoms. The number of anilines is 1. The van der Waals surface area contributed by atoms with Crippen molar-refractivity contribution >= 4 is 69.5 Å². The number of nitrogens with two attached hydrogens (primary N) is 1. The number of para-hydroxylation sites is 1. The number of primary amides is 1. The Morgan fingerprint density at radius 3 is 2.47 bits per heavy atom. The zero-order valence-corrected chi connectivity index (χ0v) is 25.0. The van der Waals surface area contributed by atoms with E-state index in [-0.39, 0.29) is 18.0 Å². The largest absolute Gasteiger partial charge is 0.481 e. The summed E-state index contributed by atoms with van der Waals surface area (Å²) in [5.41, 5.74) is 8.16. The van der Waals surface area contributed by atoms with E-state index in [1.807, 2.05) is 31.2 Å². The number of nitrogens with one attached hydrogen (secondary N) is 4. The number of urea groups is 1. The van der Waals surface area contributed by atoms with Crippen molar-refractivity contribution in [2.75, 3.05) is 5.32 Å². The molecule has 228 valence electrons. The number of hydrogen-bond donors (Lipinski definition) is 6. The molecule has 7 N–H and O–H groups in total. The highest BCUT2D eigenvalue weighted by Gasteiger charge is 2.39. The maximum Gasteiger partial charge on any atom is 0.322 e. The summed E-state index contributed by atoms with van der Waals surface area (Å²) >= 11 is 12.1. The van der Waals surface area contributed by atoms with Gasteiger partial charge in [0.1, 0.15) is 18.1 Å². The van der Waals surface area contributed by atoms with Crippen LogP contribution in [0.15, 0.2) is 42.5 Å². The quantitative estimate of drug-likeness (QED) is 0.199. The van der Waals surface area contributed by atoms with Crippen LogP contribution in [0.3, 0.4) is 0 Å². The highest BCUT2D eigenvalue weighted by atomic mass is 35.5. The van der Waals surface area contributed by atoms with Crippen LogP contribution in [0.4, 0.5) is 10.5 Å². The lowest BCUT2D eigenvalue weighted by Crippen LogP contribution is -2.60. The Bertz CT molecular complexity index is 1580. The maximum absolute atomic E-state index is 13.9. The molecule has 0 saturated heterocycles. The number of carboxylic acids is 1. The first-order valence-electron chi connectivity index (χ1n) is 13.6. The number of aromatic nitrogens is 1. The van der Waals surface area contributed by atoms with Gasteiger partial charge in [0.05, 0.1) is 23.0 Å². The zero-order chi connectivity index (χ0) is 31.4. The Balaban J connectivity index is 1.64. The molecular formula is C29H32Cl2N6O6. The van der Waals surface area contributed by atoms with Gasteiger partial charge in [-0.15, -0.1) is 0 Å². The number of benzene rings is 2. The van der Waals surface area contributed by atoms with Gasteiger partial charge in [0, 0.05) is 28.7 Å². The summed E-state index contributed by atoms with van der Waals surface area (Å²) in [4.78, 5) is 68.4. The summed E-state index contributed by atoms with van der Waals surface area (Å²) < 4.78 is 0. The summed E-state index contributed by atoms with van der Waals surface area (Å²) in [6, 6.07) is 7.97. The normalized spacial score (nSPS) is 16.5. The Morgan fingerprint density at radius 1 is 1.09 bits per heavy atom. The van der Waals surface area contributed by atoms with Crippen molar-refractivity contribution in [3.8, 4) is 0 Å². The first-order chi connectivity index (χ1) is 20.4. The molecule has 5 amide bonds. The molecule has 0 bridgehead atoms. The van der Waals surface area contributed by atoms with E-state index in [0.29, 0.717) is 17.1 Å². The molecule has 12 nitrogen and oxygen atoms in total. The molecule has 0 saturated carbocycles. The maximum atomic E-state index is 13.9. The fraction of sp³-hybridized carbons (Fsp3) is 0.345. The molecule has 1 unspecified atom stereocenters. The van der Waals surface area contributed by atoms with Crippen molar-refractivity contribution in [2.24, 2.45) is 11.7 Å². The first-order valence-corrected chi connectivity index (χ1v) is 14.4. The average molecular weight is 632 g/mol. The molecule has 2 aromatic carbocycles. The van der Waals surface area contributed by atoms with Crippen molar-refractivity contribution in [2.45, 2.75) is 57.8 Å². The van der Waals surface area contributed by atoms with Gasteiger partial charge in [-0.3, -0.25) is 19.2 Å². The number of aromatic amines is 1. The van der Waals surface area contributed by atoms with Crippen molar-refractivity contribution in [3.63, 3.8) is 0 Å². The standard InChI is InChI=1S/C29H32Cl2N6O6/c1-3-14(2)25(28(42)35-21(26(32)40)12-24(38)39)36-27(41)23-11-17-16-6-4-5-7-20(16)34-22(17)13-37(23)29(43)33-15-8-9-18(30)19(31)10-15/h4-10,14,21,23,25,34H,3,11-13H2,1-2H3,(H2,32,40)(H,33,43)(H,35,42)(H,36,41)(H,38,39)/t14?,21-,23+,25-/m0/s1. The number of halogens is 2. The van der Waals surface area contributed by atoms with E-state index in [1.165, 1.54) is 17.0 Å². The van der Waals surface area contributed by atoms with E-state index in [4.69, 9.17) is 34.0 Å². The second-order valence-corrected chi connectivity index (χ2v) is 11.3. The van der Waals surface area contributed by atoms with Crippen LogP contribution >= 0.6 is 23.2 Å². The molecule has 1 aliphatic rings. The van der Waals surface area contributed by atoms with Gasteiger partial charge >= 0.3 is 12.0 Å². The van der Waals surface area contributed by atoms with Crippen LogP contribution in [-0.2, 0) is 32.1 Å². The third-order valence-electron chi connectivity index (χ3n) is 7.57. The van der Waals surface area contributed by atoms with Gasteiger partial charge in [0.15, 0.2) is 0 Å². The van der Waals surface area contributed by atoms with Gasteiger partial charge in [-0.2, -0.15) is 0 Å². The SMILES string of the molecule is CCC(C)[C@H](NC(=O)[C@H]1Cc2c([nH]c3ccccc23)CN1C(=O)Nc1ccc(Cl)c(Cl)c1)C(=O)N[C@@H](CC(=O)O)C(N)=O. The number of carbonyl (C=O) groups is 5. The van der Waals surface area contributed by atoms with Crippen LogP contribution in [0, 0.1) is 5.92 Å². The Hall–Kier alpha value is -4.29.